The number of nitrogens with one attached hydrogen (secondary N) is 1. The average molecular weight is 447 g/mol. The number of nitrogens with zero attached hydrogens (tertiary/aromatic N) is 3. The number of ether oxygens (including phenoxy) is 1. The van der Waals surface area contributed by atoms with E-state index in [2.05, 4.69) is 10.1 Å². The molecule has 33 heavy (non-hydrogen) atoms. The number of aliphatic carboxylic acids is 1. The van der Waals surface area contributed by atoms with E-state index in [0.717, 1.165) is 33.3 Å². The number of carboxylic acids is 1. The smallest absolute Gasteiger partial charge is 0.307 e. The summed E-state index contributed by atoms with van der Waals surface area (Å²) in [5.41, 5.74) is 4.45. The summed E-state index contributed by atoms with van der Waals surface area (Å²) in [4.78, 5) is 25.8. The van der Waals surface area contributed by atoms with Crippen molar-refractivity contribution in [2.45, 2.75) is 25.0 Å². The highest BCUT2D eigenvalue weighted by atomic mass is 16.6. The minimum absolute atomic E-state index is 0.0924. The maximum Gasteiger partial charge on any atom is 0.307 e. The maximum atomic E-state index is 11.8. The molecule has 2 atom stereocenters. The molecule has 10 heteroatoms. The number of carbonyl (C=O) groups is 1. The van der Waals surface area contributed by atoms with Crippen LogP contribution in [-0.2, 0) is 17.8 Å². The van der Waals surface area contributed by atoms with Crippen molar-refractivity contribution >= 4 is 22.6 Å². The summed E-state index contributed by atoms with van der Waals surface area (Å²) < 4.78 is 6.97. The van der Waals surface area contributed by atoms with Crippen molar-refractivity contribution < 1.29 is 24.9 Å². The van der Waals surface area contributed by atoms with Crippen LogP contribution in [0.15, 0.2) is 54.9 Å². The van der Waals surface area contributed by atoms with E-state index < -0.39 is 16.9 Å². The fourth-order valence-corrected chi connectivity index (χ4v) is 4.59. The largest absolute Gasteiger partial charge is 0.544 e. The number of quaternary nitrogens is 1. The van der Waals surface area contributed by atoms with Gasteiger partial charge in [-0.2, -0.15) is 5.10 Å². The first-order valence-electron chi connectivity index (χ1n) is 10.4. The summed E-state index contributed by atoms with van der Waals surface area (Å²) in [6, 6.07) is 12.5. The van der Waals surface area contributed by atoms with Crippen LogP contribution >= 0.6 is 0 Å². The molecule has 0 aliphatic carbocycles. The minimum Gasteiger partial charge on any atom is -0.544 e. The first-order valence-corrected chi connectivity index (χ1v) is 10.4. The van der Waals surface area contributed by atoms with Gasteiger partial charge in [0.1, 0.15) is 24.2 Å². The number of methoxy groups -OCH3 is 1. The summed E-state index contributed by atoms with van der Waals surface area (Å²) in [7, 11) is 1.55. The summed E-state index contributed by atoms with van der Waals surface area (Å²) in [5.74, 6) is -0.491. The molecule has 3 heterocycles. The number of hydrogen-bond acceptors (Lipinski definition) is 6. The van der Waals surface area contributed by atoms with Gasteiger partial charge in [0.05, 0.1) is 30.2 Å². The van der Waals surface area contributed by atoms with Gasteiger partial charge in [0.15, 0.2) is 6.04 Å². The Labute approximate surface area is 187 Å². The standard InChI is InChI=1S/C23H21N5O5/c1-33-20-7-6-13(8-14(20)11-27-12-15(10-24-27)28(31)32)21-22-17(9-19(26-21)23(29)30)16-4-2-3-5-18(16)25-22/h2-8,10,12,19,21,25-26H,9,11H2,1H3,(H,29,30)/t19-,21-/m1/s1. The Bertz CT molecular complexity index is 1370. The summed E-state index contributed by atoms with van der Waals surface area (Å²) in [5, 5.41) is 29.7. The molecule has 168 valence electrons. The number of H-pyrrole nitrogens is 1. The third-order valence-electron chi connectivity index (χ3n) is 6.14. The van der Waals surface area contributed by atoms with E-state index in [-0.39, 0.29) is 18.3 Å². The Balaban J connectivity index is 1.57. The van der Waals surface area contributed by atoms with Crippen LogP contribution in [0.2, 0.25) is 0 Å². The molecule has 0 unspecified atom stereocenters. The molecule has 0 saturated carbocycles. The quantitative estimate of drug-likeness (QED) is 0.328. The molecular weight excluding hydrogens is 426 g/mol. The highest BCUT2D eigenvalue weighted by Gasteiger charge is 2.35. The van der Waals surface area contributed by atoms with Crippen LogP contribution in [-0.4, -0.2) is 38.8 Å². The van der Waals surface area contributed by atoms with E-state index in [1.165, 1.54) is 17.1 Å². The zero-order chi connectivity index (χ0) is 23.1. The highest BCUT2D eigenvalue weighted by Crippen LogP contribution is 2.33. The number of aromatic nitrogens is 3. The number of para-hydroxylation sites is 1. The lowest BCUT2D eigenvalue weighted by atomic mass is 9.89. The van der Waals surface area contributed by atoms with Gasteiger partial charge >= 0.3 is 5.69 Å². The van der Waals surface area contributed by atoms with Gasteiger partial charge in [-0.05, 0) is 29.8 Å². The number of carboxylic acid groups (broad SMARTS) is 1. The molecule has 1 aliphatic rings. The Morgan fingerprint density at radius 3 is 2.88 bits per heavy atom. The predicted molar refractivity (Wildman–Crippen MR) is 116 cm³/mol. The number of rotatable bonds is 6. The Morgan fingerprint density at radius 2 is 2.15 bits per heavy atom. The van der Waals surface area contributed by atoms with Gasteiger partial charge in [0.25, 0.3) is 0 Å². The molecule has 1 aliphatic heterocycles. The van der Waals surface area contributed by atoms with E-state index in [1.807, 2.05) is 42.5 Å². The van der Waals surface area contributed by atoms with E-state index in [1.54, 1.807) is 12.4 Å². The van der Waals surface area contributed by atoms with Gasteiger partial charge in [0.2, 0.25) is 0 Å². The van der Waals surface area contributed by atoms with Crippen LogP contribution in [0.4, 0.5) is 5.69 Å². The summed E-state index contributed by atoms with van der Waals surface area (Å²) in [6.45, 7) is 0.265. The molecule has 0 saturated heterocycles. The van der Waals surface area contributed by atoms with Gasteiger partial charge in [-0.25, -0.2) is 0 Å². The summed E-state index contributed by atoms with van der Waals surface area (Å²) >= 11 is 0. The number of fused-ring (bicyclic) bond motifs is 3. The second-order valence-electron chi connectivity index (χ2n) is 8.09. The van der Waals surface area contributed by atoms with Crippen LogP contribution in [0.3, 0.4) is 0 Å². The van der Waals surface area contributed by atoms with Gasteiger partial charge in [-0.1, -0.05) is 18.2 Å². The van der Waals surface area contributed by atoms with E-state index in [0.29, 0.717) is 12.2 Å². The number of aromatic amines is 1. The molecule has 4 aromatic rings. The third-order valence-corrected chi connectivity index (χ3v) is 6.14. The van der Waals surface area contributed by atoms with Crippen LogP contribution in [0, 0.1) is 10.1 Å². The number of hydrogen-bond donors (Lipinski definition) is 2. The average Bonchev–Trinajstić information content (AvgIpc) is 3.43. The fourth-order valence-electron chi connectivity index (χ4n) is 4.59. The van der Waals surface area contributed by atoms with Crippen LogP contribution < -0.4 is 15.2 Å². The van der Waals surface area contributed by atoms with Crippen LogP contribution in [0.1, 0.15) is 28.4 Å². The van der Waals surface area contributed by atoms with E-state index in [9.17, 15) is 20.0 Å². The number of nitrogens with two attached hydrogens (primary N) is 1. The van der Waals surface area contributed by atoms with Crippen molar-refractivity contribution in [3.8, 4) is 5.75 Å². The van der Waals surface area contributed by atoms with Gasteiger partial charge in [-0.15, -0.1) is 0 Å². The van der Waals surface area contributed by atoms with Gasteiger partial charge in [0, 0.05) is 28.5 Å². The molecule has 0 amide bonds. The lowest BCUT2D eigenvalue weighted by Gasteiger charge is -2.29. The first-order chi connectivity index (χ1) is 15.9. The van der Waals surface area contributed by atoms with Crippen molar-refractivity contribution in [2.24, 2.45) is 0 Å². The zero-order valence-electron chi connectivity index (χ0n) is 17.7. The van der Waals surface area contributed by atoms with Crippen LogP contribution in [0.5, 0.6) is 5.75 Å². The molecule has 10 nitrogen and oxygen atoms in total. The molecule has 2 aromatic heterocycles. The fraction of sp³-hybridized carbons (Fsp3) is 0.217. The van der Waals surface area contributed by atoms with E-state index in [4.69, 9.17) is 4.74 Å². The van der Waals surface area contributed by atoms with Crippen molar-refractivity contribution in [3.05, 3.63) is 87.4 Å². The van der Waals surface area contributed by atoms with Crippen molar-refractivity contribution in [2.75, 3.05) is 7.11 Å². The van der Waals surface area contributed by atoms with Crippen molar-refractivity contribution in [1.29, 1.82) is 0 Å². The minimum atomic E-state index is -1.10. The molecule has 0 bridgehead atoms. The molecule has 0 radical (unpaired) electrons. The lowest BCUT2D eigenvalue weighted by molar-refractivity contribution is -0.717. The summed E-state index contributed by atoms with van der Waals surface area (Å²) in [6.07, 6.45) is 2.94. The van der Waals surface area contributed by atoms with E-state index >= 15 is 0 Å². The lowest BCUT2D eigenvalue weighted by Crippen LogP contribution is -2.95. The second-order valence-corrected chi connectivity index (χ2v) is 8.09. The zero-order valence-corrected chi connectivity index (χ0v) is 17.7. The third kappa shape index (κ3) is 3.70. The Hall–Kier alpha value is -4.18. The van der Waals surface area contributed by atoms with Gasteiger partial charge in [-0.3, -0.25) is 14.8 Å². The Kier molecular flexibility index (Phi) is 5.06. The second kappa shape index (κ2) is 8.06. The molecule has 3 N–H and O–H groups in total. The first kappa shape index (κ1) is 20.7. The van der Waals surface area contributed by atoms with Crippen molar-refractivity contribution in [1.82, 2.24) is 14.8 Å². The van der Waals surface area contributed by atoms with Crippen molar-refractivity contribution in [3.63, 3.8) is 0 Å². The number of benzene rings is 2. The number of nitro groups is 1. The normalized spacial score (nSPS) is 17.6. The predicted octanol–water partition coefficient (Wildman–Crippen LogP) is 0.657. The van der Waals surface area contributed by atoms with Crippen LogP contribution in [0.25, 0.3) is 10.9 Å². The maximum absolute atomic E-state index is 11.8. The molecule has 0 fully saturated rings. The number of carbonyl (C=O) groups excluding carboxylic acids is 1. The topological polar surface area (TPSA) is 143 Å². The van der Waals surface area contributed by atoms with Gasteiger partial charge < -0.3 is 24.9 Å². The Morgan fingerprint density at radius 1 is 1.33 bits per heavy atom. The molecular formula is C23H21N5O5. The monoisotopic (exact) mass is 447 g/mol. The SMILES string of the molecule is COc1ccc([C@H]2[NH2+][C@@H](C(=O)[O-])Cc3c2[nH]c2ccccc32)cc1Cn1cc([N+](=O)[O-])cn1. The molecule has 5 rings (SSSR count). The highest BCUT2D eigenvalue weighted by molar-refractivity contribution is 5.86. The molecule has 2 aromatic carbocycles. The molecule has 0 spiro atoms.